The molecule has 1 heterocycles. The first-order chi connectivity index (χ1) is 8.04. The fourth-order valence-corrected chi connectivity index (χ4v) is 2.46. The van der Waals surface area contributed by atoms with Gasteiger partial charge in [0.05, 0.1) is 6.10 Å². The third-order valence-corrected chi connectivity index (χ3v) is 3.59. The molecule has 1 N–H and O–H groups in total. The minimum absolute atomic E-state index is 0.147. The number of aliphatic hydroxyl groups is 1. The van der Waals surface area contributed by atoms with Gasteiger partial charge < -0.3 is 10.0 Å². The first kappa shape index (κ1) is 14.5. The van der Waals surface area contributed by atoms with E-state index in [-0.39, 0.29) is 12.0 Å². The van der Waals surface area contributed by atoms with E-state index in [0.29, 0.717) is 18.9 Å². The Bertz CT molecular complexity index is 244. The van der Waals surface area contributed by atoms with Crippen molar-refractivity contribution in [3.63, 3.8) is 0 Å². The van der Waals surface area contributed by atoms with Crippen LogP contribution in [0, 0.1) is 0 Å². The second-order valence-corrected chi connectivity index (χ2v) is 5.09. The van der Waals surface area contributed by atoms with Gasteiger partial charge in [-0.3, -0.25) is 9.69 Å². The largest absolute Gasteiger partial charge is 0.393 e. The van der Waals surface area contributed by atoms with E-state index < -0.39 is 0 Å². The molecule has 0 radical (unpaired) electrons. The molecule has 0 spiro atoms. The van der Waals surface area contributed by atoms with Crippen molar-refractivity contribution in [1.82, 2.24) is 9.80 Å². The van der Waals surface area contributed by atoms with Crippen LogP contribution in [0.15, 0.2) is 0 Å². The maximum Gasteiger partial charge on any atom is 0.222 e. The van der Waals surface area contributed by atoms with Crippen molar-refractivity contribution in [1.29, 1.82) is 0 Å². The summed E-state index contributed by atoms with van der Waals surface area (Å²) in [6.07, 6.45) is 3.07. The fourth-order valence-electron chi connectivity index (χ4n) is 2.46. The highest BCUT2D eigenvalue weighted by Gasteiger charge is 2.25. The first-order valence-electron chi connectivity index (χ1n) is 6.70. The average molecular weight is 242 g/mol. The Morgan fingerprint density at radius 1 is 1.59 bits per heavy atom. The molecule has 1 saturated heterocycles. The summed E-state index contributed by atoms with van der Waals surface area (Å²) in [5, 5.41) is 9.17. The summed E-state index contributed by atoms with van der Waals surface area (Å²) in [5.74, 6) is 0.147. The van der Waals surface area contributed by atoms with Gasteiger partial charge in [-0.25, -0.2) is 0 Å². The fraction of sp³-hybridized carbons (Fsp3) is 0.923. The van der Waals surface area contributed by atoms with Crippen molar-refractivity contribution in [3.05, 3.63) is 0 Å². The smallest absolute Gasteiger partial charge is 0.222 e. The molecule has 4 nitrogen and oxygen atoms in total. The highest BCUT2D eigenvalue weighted by atomic mass is 16.3. The van der Waals surface area contributed by atoms with E-state index in [1.807, 2.05) is 11.9 Å². The number of likely N-dealkylation sites (tertiary alicyclic amines) is 1. The molecule has 1 amide bonds. The quantitative estimate of drug-likeness (QED) is 0.758. The molecule has 100 valence electrons. The van der Waals surface area contributed by atoms with Gasteiger partial charge in [0.1, 0.15) is 0 Å². The van der Waals surface area contributed by atoms with E-state index in [2.05, 4.69) is 11.8 Å². The number of rotatable bonds is 6. The topological polar surface area (TPSA) is 43.8 Å². The van der Waals surface area contributed by atoms with Gasteiger partial charge >= 0.3 is 0 Å². The molecule has 17 heavy (non-hydrogen) atoms. The van der Waals surface area contributed by atoms with Crippen LogP contribution in [0.2, 0.25) is 0 Å². The third kappa shape index (κ3) is 4.64. The summed E-state index contributed by atoms with van der Waals surface area (Å²) >= 11 is 0. The zero-order valence-electron chi connectivity index (χ0n) is 11.4. The molecule has 4 heteroatoms. The normalized spacial score (nSPS) is 22.7. The molecule has 0 aromatic rings. The molecule has 1 rings (SSSR count). The molecule has 2 atom stereocenters. The van der Waals surface area contributed by atoms with Crippen LogP contribution in [-0.4, -0.2) is 59.6 Å². The van der Waals surface area contributed by atoms with Crippen molar-refractivity contribution in [2.24, 2.45) is 0 Å². The summed E-state index contributed by atoms with van der Waals surface area (Å²) < 4.78 is 0. The number of hydrogen-bond acceptors (Lipinski definition) is 3. The van der Waals surface area contributed by atoms with Crippen LogP contribution < -0.4 is 0 Å². The lowest BCUT2D eigenvalue weighted by Gasteiger charge is -2.27. The maximum atomic E-state index is 11.8. The zero-order valence-corrected chi connectivity index (χ0v) is 11.4. The summed E-state index contributed by atoms with van der Waals surface area (Å²) in [4.78, 5) is 16.1. The zero-order chi connectivity index (χ0) is 12.8. The highest BCUT2D eigenvalue weighted by Crippen LogP contribution is 2.17. The Balaban J connectivity index is 2.32. The second-order valence-electron chi connectivity index (χ2n) is 5.09. The number of hydrogen-bond donors (Lipinski definition) is 1. The van der Waals surface area contributed by atoms with Crippen LogP contribution >= 0.6 is 0 Å². The van der Waals surface area contributed by atoms with Gasteiger partial charge in [-0.05, 0) is 39.3 Å². The Hall–Kier alpha value is -0.610. The predicted molar refractivity (Wildman–Crippen MR) is 68.8 cm³/mol. The van der Waals surface area contributed by atoms with E-state index >= 15 is 0 Å². The molecular weight excluding hydrogens is 216 g/mol. The van der Waals surface area contributed by atoms with Gasteiger partial charge in [0.2, 0.25) is 5.91 Å². The molecule has 1 fully saturated rings. The van der Waals surface area contributed by atoms with E-state index in [1.54, 1.807) is 6.92 Å². The van der Waals surface area contributed by atoms with E-state index in [1.165, 1.54) is 12.8 Å². The Morgan fingerprint density at radius 3 is 2.88 bits per heavy atom. The summed E-state index contributed by atoms with van der Waals surface area (Å²) in [6, 6.07) is 0.528. The maximum absolute atomic E-state index is 11.8. The number of nitrogens with zero attached hydrogens (tertiary/aromatic N) is 2. The van der Waals surface area contributed by atoms with Gasteiger partial charge in [0.15, 0.2) is 0 Å². The van der Waals surface area contributed by atoms with E-state index in [4.69, 9.17) is 5.11 Å². The molecular formula is C13H26N2O2. The highest BCUT2D eigenvalue weighted by molar-refractivity contribution is 5.75. The predicted octanol–water partition coefficient (Wildman–Crippen LogP) is 1.09. The lowest BCUT2D eigenvalue weighted by molar-refractivity contribution is -0.131. The Morgan fingerprint density at radius 2 is 2.29 bits per heavy atom. The minimum Gasteiger partial charge on any atom is -0.393 e. The van der Waals surface area contributed by atoms with Crippen LogP contribution in [-0.2, 0) is 4.79 Å². The molecule has 1 aliphatic rings. The van der Waals surface area contributed by atoms with Crippen LogP contribution in [0.25, 0.3) is 0 Å². The Labute approximate surface area is 105 Å². The monoisotopic (exact) mass is 242 g/mol. The Kier molecular flexibility index (Phi) is 5.92. The van der Waals surface area contributed by atoms with E-state index in [9.17, 15) is 4.79 Å². The van der Waals surface area contributed by atoms with Crippen molar-refractivity contribution in [3.8, 4) is 0 Å². The van der Waals surface area contributed by atoms with Gasteiger partial charge in [0, 0.05) is 26.1 Å². The number of carbonyl (C=O) groups excluding carboxylic acids is 1. The van der Waals surface area contributed by atoms with Gasteiger partial charge in [0.25, 0.3) is 0 Å². The second kappa shape index (κ2) is 6.97. The van der Waals surface area contributed by atoms with Crippen LogP contribution in [0.3, 0.4) is 0 Å². The van der Waals surface area contributed by atoms with Crippen molar-refractivity contribution in [2.45, 2.75) is 51.7 Å². The van der Waals surface area contributed by atoms with Gasteiger partial charge in [-0.2, -0.15) is 0 Å². The number of likely N-dealkylation sites (N-methyl/N-ethyl adjacent to an activating group) is 2. The van der Waals surface area contributed by atoms with Crippen LogP contribution in [0.5, 0.6) is 0 Å². The first-order valence-corrected chi connectivity index (χ1v) is 6.70. The average Bonchev–Trinajstić information content (AvgIpc) is 2.72. The van der Waals surface area contributed by atoms with Crippen molar-refractivity contribution >= 4 is 5.91 Å². The van der Waals surface area contributed by atoms with E-state index in [0.717, 1.165) is 19.6 Å². The van der Waals surface area contributed by atoms with Gasteiger partial charge in [-0.15, -0.1) is 0 Å². The third-order valence-electron chi connectivity index (χ3n) is 3.59. The van der Waals surface area contributed by atoms with Crippen LogP contribution in [0.1, 0.15) is 39.5 Å². The molecule has 0 aliphatic carbocycles. The SMILES string of the molecule is CCN1CCCC1CN(C)C(=O)CCC(C)O. The number of carbonyl (C=O) groups is 1. The molecule has 0 aromatic carbocycles. The molecule has 1 aliphatic heterocycles. The molecule has 0 bridgehead atoms. The number of amides is 1. The van der Waals surface area contributed by atoms with Crippen molar-refractivity contribution in [2.75, 3.05) is 26.7 Å². The number of aliphatic hydroxyl groups excluding tert-OH is 1. The lowest BCUT2D eigenvalue weighted by atomic mass is 10.1. The minimum atomic E-state index is -0.383. The van der Waals surface area contributed by atoms with Crippen LogP contribution in [0.4, 0.5) is 0 Å². The standard InChI is InChI=1S/C13H26N2O2/c1-4-15-9-5-6-12(15)10-14(3)13(17)8-7-11(2)16/h11-12,16H,4-10H2,1-3H3. The summed E-state index contributed by atoms with van der Waals surface area (Å²) in [5.41, 5.74) is 0. The molecule has 2 unspecified atom stereocenters. The molecule has 0 aromatic heterocycles. The van der Waals surface area contributed by atoms with Gasteiger partial charge in [-0.1, -0.05) is 6.92 Å². The van der Waals surface area contributed by atoms with Crippen molar-refractivity contribution < 1.29 is 9.90 Å². The summed E-state index contributed by atoms with van der Waals surface area (Å²) in [6.45, 7) is 6.96. The summed E-state index contributed by atoms with van der Waals surface area (Å²) in [7, 11) is 1.87. The lowest BCUT2D eigenvalue weighted by Crippen LogP contribution is -2.41. The molecule has 0 saturated carbocycles.